The van der Waals surface area contributed by atoms with Gasteiger partial charge in [-0.1, -0.05) is 24.3 Å². The van der Waals surface area contributed by atoms with E-state index in [-0.39, 0.29) is 0 Å². The fraction of sp³-hybridized carbons (Fsp3) is 0. The lowest BCUT2D eigenvalue weighted by atomic mass is 10.0. The van der Waals surface area contributed by atoms with Gasteiger partial charge in [0.15, 0.2) is 0 Å². The lowest BCUT2D eigenvalue weighted by Crippen LogP contribution is -1.86. The van der Waals surface area contributed by atoms with Crippen molar-refractivity contribution >= 4 is 32.4 Å². The molecule has 0 amide bonds. The average Bonchev–Trinajstić information content (AvgIpc) is 2.73. The molecule has 0 spiro atoms. The second-order valence-electron chi connectivity index (χ2n) is 4.05. The van der Waals surface area contributed by atoms with E-state index in [1.165, 1.54) is 0 Å². The predicted octanol–water partition coefficient (Wildman–Crippen LogP) is 3.01. The molecule has 0 saturated heterocycles. The minimum Gasteiger partial charge on any atom is -0.507 e. The van der Waals surface area contributed by atoms with Gasteiger partial charge >= 0.3 is 0 Å². The Morgan fingerprint density at radius 2 is 1.81 bits per heavy atom. The van der Waals surface area contributed by atoms with Gasteiger partial charge in [-0.2, -0.15) is 5.10 Å². The summed E-state index contributed by atoms with van der Waals surface area (Å²) in [6.07, 6.45) is 1.81. The average molecular weight is 208 g/mol. The molecule has 4 aromatic rings. The molecular weight excluding hydrogens is 200 g/mol. The first-order chi connectivity index (χ1) is 7.84. The second-order valence-corrected chi connectivity index (χ2v) is 4.05. The van der Waals surface area contributed by atoms with Crippen molar-refractivity contribution in [3.8, 4) is 5.75 Å². The Labute approximate surface area is 90.6 Å². The number of H-pyrrole nitrogens is 1. The van der Waals surface area contributed by atoms with Crippen LogP contribution in [0.2, 0.25) is 0 Å². The molecule has 0 radical (unpaired) electrons. The van der Waals surface area contributed by atoms with Crippen LogP contribution in [-0.2, 0) is 0 Å². The van der Waals surface area contributed by atoms with Gasteiger partial charge in [0.1, 0.15) is 5.75 Å². The summed E-state index contributed by atoms with van der Waals surface area (Å²) in [6, 6.07) is 9.84. The van der Waals surface area contributed by atoms with Crippen LogP contribution >= 0.6 is 0 Å². The highest BCUT2D eigenvalue weighted by Gasteiger charge is 2.12. The molecule has 0 aliphatic carbocycles. The zero-order valence-electron chi connectivity index (χ0n) is 8.36. The predicted molar refractivity (Wildman–Crippen MR) is 64.0 cm³/mol. The number of hydrogen-bond donors (Lipinski definition) is 2. The Balaban J connectivity index is 2.52. The Morgan fingerprint density at radius 3 is 2.75 bits per heavy atom. The zero-order valence-corrected chi connectivity index (χ0v) is 8.36. The third-order valence-electron chi connectivity index (χ3n) is 3.18. The minimum absolute atomic E-state index is 0.305. The Hall–Kier alpha value is -2.29. The van der Waals surface area contributed by atoms with Crippen LogP contribution in [0, 0.1) is 0 Å². The van der Waals surface area contributed by atoms with E-state index < -0.39 is 0 Å². The SMILES string of the molecule is Oc1cc2[nH]ncc3ccc4ccc1c4c32. The summed E-state index contributed by atoms with van der Waals surface area (Å²) in [5.41, 5.74) is 0.874. The standard InChI is InChI=1S/C13H8N2O/c16-11-5-10-13-8(6-14-15-10)2-1-7-3-4-9(11)12(7)13/h1-6,15-16H. The first-order valence-corrected chi connectivity index (χ1v) is 5.14. The van der Waals surface area contributed by atoms with Gasteiger partial charge in [0.2, 0.25) is 0 Å². The highest BCUT2D eigenvalue weighted by atomic mass is 16.3. The lowest BCUT2D eigenvalue weighted by Gasteiger charge is -2.06. The fourth-order valence-electron chi connectivity index (χ4n) is 2.48. The second kappa shape index (κ2) is 2.44. The Morgan fingerprint density at radius 1 is 1.00 bits per heavy atom. The summed E-state index contributed by atoms with van der Waals surface area (Å²) in [6.45, 7) is 0. The number of nitrogens with one attached hydrogen (secondary N) is 1. The molecule has 0 saturated carbocycles. The molecule has 2 N–H and O–H groups in total. The third kappa shape index (κ3) is 0.772. The van der Waals surface area contributed by atoms with Crippen LogP contribution in [-0.4, -0.2) is 15.3 Å². The maximum Gasteiger partial charge on any atom is 0.125 e. The Kier molecular flexibility index (Phi) is 1.21. The molecular formula is C13H8N2O. The monoisotopic (exact) mass is 208 g/mol. The lowest BCUT2D eigenvalue weighted by molar-refractivity contribution is 0.482. The van der Waals surface area contributed by atoms with Crippen molar-refractivity contribution in [3.05, 3.63) is 36.5 Å². The van der Waals surface area contributed by atoms with Crippen molar-refractivity contribution in [2.45, 2.75) is 0 Å². The van der Waals surface area contributed by atoms with E-state index in [0.717, 1.165) is 32.4 Å². The number of hydrogen-bond acceptors (Lipinski definition) is 2. The van der Waals surface area contributed by atoms with Crippen molar-refractivity contribution < 1.29 is 5.11 Å². The summed E-state index contributed by atoms with van der Waals surface area (Å²) in [5, 5.41) is 22.3. The molecule has 1 aromatic heterocycles. The van der Waals surface area contributed by atoms with Gasteiger partial charge in [0, 0.05) is 27.6 Å². The summed E-state index contributed by atoms with van der Waals surface area (Å²) >= 11 is 0. The number of aromatic nitrogens is 2. The normalized spacial score (nSPS) is 12.0. The smallest absolute Gasteiger partial charge is 0.125 e. The fourth-order valence-corrected chi connectivity index (χ4v) is 2.48. The van der Waals surface area contributed by atoms with Gasteiger partial charge in [-0.3, -0.25) is 5.10 Å². The minimum atomic E-state index is 0.305. The van der Waals surface area contributed by atoms with Crippen molar-refractivity contribution in [2.24, 2.45) is 0 Å². The molecule has 0 aliphatic rings. The van der Waals surface area contributed by atoms with Gasteiger partial charge in [0.25, 0.3) is 0 Å². The van der Waals surface area contributed by atoms with Gasteiger partial charge in [-0.25, -0.2) is 0 Å². The maximum absolute atomic E-state index is 9.93. The number of benzene rings is 2. The quantitative estimate of drug-likeness (QED) is 0.466. The number of phenols is 1. The van der Waals surface area contributed by atoms with Gasteiger partial charge in [0.05, 0.1) is 11.7 Å². The van der Waals surface area contributed by atoms with Crippen molar-refractivity contribution in [1.82, 2.24) is 10.2 Å². The molecule has 76 valence electrons. The number of phenolic OH excluding ortho intramolecular Hbond substituents is 1. The molecule has 0 fully saturated rings. The summed E-state index contributed by atoms with van der Waals surface area (Å²) in [4.78, 5) is 0. The van der Waals surface area contributed by atoms with E-state index in [9.17, 15) is 5.11 Å². The van der Waals surface area contributed by atoms with Crippen LogP contribution in [0.3, 0.4) is 0 Å². The van der Waals surface area contributed by atoms with Crippen LogP contribution in [0.15, 0.2) is 36.5 Å². The largest absolute Gasteiger partial charge is 0.507 e. The number of rotatable bonds is 0. The van der Waals surface area contributed by atoms with Gasteiger partial charge < -0.3 is 5.11 Å². The van der Waals surface area contributed by atoms with E-state index in [2.05, 4.69) is 22.3 Å². The van der Waals surface area contributed by atoms with E-state index in [1.807, 2.05) is 18.3 Å². The molecule has 0 unspecified atom stereocenters. The first-order valence-electron chi connectivity index (χ1n) is 5.14. The molecule has 3 heteroatoms. The molecule has 0 atom stereocenters. The molecule has 1 heterocycles. The van der Waals surface area contributed by atoms with Crippen LogP contribution in [0.25, 0.3) is 32.4 Å². The first kappa shape index (κ1) is 7.93. The highest BCUT2D eigenvalue weighted by molar-refractivity contribution is 6.24. The van der Waals surface area contributed by atoms with Gasteiger partial charge in [-0.15, -0.1) is 0 Å². The van der Waals surface area contributed by atoms with E-state index in [4.69, 9.17) is 0 Å². The van der Waals surface area contributed by atoms with Gasteiger partial charge in [-0.05, 0) is 5.39 Å². The highest BCUT2D eigenvalue weighted by Crippen LogP contribution is 2.38. The zero-order chi connectivity index (χ0) is 10.7. The van der Waals surface area contributed by atoms with Crippen LogP contribution in [0.1, 0.15) is 0 Å². The molecule has 0 bridgehead atoms. The van der Waals surface area contributed by atoms with E-state index >= 15 is 0 Å². The molecule has 3 aromatic carbocycles. The van der Waals surface area contributed by atoms with Crippen molar-refractivity contribution in [3.63, 3.8) is 0 Å². The summed E-state index contributed by atoms with van der Waals surface area (Å²) < 4.78 is 0. The maximum atomic E-state index is 9.93. The van der Waals surface area contributed by atoms with Crippen LogP contribution in [0.5, 0.6) is 5.75 Å². The molecule has 3 nitrogen and oxygen atoms in total. The molecule has 4 rings (SSSR count). The summed E-state index contributed by atoms with van der Waals surface area (Å²) in [5.74, 6) is 0.305. The van der Waals surface area contributed by atoms with Crippen LogP contribution in [0.4, 0.5) is 0 Å². The third-order valence-corrected chi connectivity index (χ3v) is 3.18. The van der Waals surface area contributed by atoms with E-state index in [1.54, 1.807) is 6.07 Å². The topological polar surface area (TPSA) is 48.9 Å². The molecule has 16 heavy (non-hydrogen) atoms. The van der Waals surface area contributed by atoms with Crippen LogP contribution < -0.4 is 0 Å². The number of aromatic amines is 1. The number of nitrogens with zero attached hydrogens (tertiary/aromatic N) is 1. The van der Waals surface area contributed by atoms with Crippen molar-refractivity contribution in [2.75, 3.05) is 0 Å². The number of aromatic hydroxyl groups is 1. The molecule has 0 aliphatic heterocycles. The Bertz CT molecular complexity index is 816. The van der Waals surface area contributed by atoms with E-state index in [0.29, 0.717) is 5.75 Å². The summed E-state index contributed by atoms with van der Waals surface area (Å²) in [7, 11) is 0. The van der Waals surface area contributed by atoms with Crippen molar-refractivity contribution in [1.29, 1.82) is 0 Å².